The topological polar surface area (TPSA) is 108 Å². The van der Waals surface area contributed by atoms with Crippen LogP contribution in [0.25, 0.3) is 11.0 Å². The van der Waals surface area contributed by atoms with Gasteiger partial charge in [0.15, 0.2) is 0 Å². The van der Waals surface area contributed by atoms with Crippen molar-refractivity contribution in [2.75, 3.05) is 0 Å². The van der Waals surface area contributed by atoms with Gasteiger partial charge >= 0.3 is 18.7 Å². The summed E-state index contributed by atoms with van der Waals surface area (Å²) in [6, 6.07) is 5.29. The average molecular weight is 234 g/mol. The number of carbonyl (C=O) groups is 1. The summed E-state index contributed by atoms with van der Waals surface area (Å²) >= 11 is 0. The van der Waals surface area contributed by atoms with Crippen LogP contribution >= 0.6 is 0 Å². The molecule has 1 aromatic heterocycles. The second-order valence-electron chi connectivity index (χ2n) is 3.42. The Labute approximate surface area is 94.9 Å². The van der Waals surface area contributed by atoms with Gasteiger partial charge in [0, 0.05) is 5.39 Å². The Hall–Kier alpha value is -2.12. The standard InChI is InChI=1S/C10H7BO6/c12-9(13)7-3-5-1-2-6(11(15)16)4-8(5)17-10(7)14/h1-4,15-16H,(H,12,13). The van der Waals surface area contributed by atoms with Crippen LogP contribution in [0.15, 0.2) is 33.5 Å². The molecule has 0 bridgehead atoms. The molecule has 17 heavy (non-hydrogen) atoms. The van der Waals surface area contributed by atoms with Gasteiger partial charge < -0.3 is 19.6 Å². The second-order valence-corrected chi connectivity index (χ2v) is 3.42. The lowest BCUT2D eigenvalue weighted by Gasteiger charge is -2.02. The molecule has 0 atom stereocenters. The third kappa shape index (κ3) is 2.06. The maximum atomic E-state index is 11.3. The number of hydrogen-bond donors (Lipinski definition) is 3. The maximum absolute atomic E-state index is 11.3. The van der Waals surface area contributed by atoms with Crippen molar-refractivity contribution in [2.45, 2.75) is 0 Å². The molecule has 2 aromatic rings. The minimum Gasteiger partial charge on any atom is -0.477 e. The van der Waals surface area contributed by atoms with Gasteiger partial charge in [0.2, 0.25) is 0 Å². The van der Waals surface area contributed by atoms with Gasteiger partial charge in [-0.05, 0) is 17.6 Å². The number of benzene rings is 1. The van der Waals surface area contributed by atoms with Crippen LogP contribution in [0, 0.1) is 0 Å². The van der Waals surface area contributed by atoms with Gasteiger partial charge in [0.1, 0.15) is 11.1 Å². The normalized spacial score (nSPS) is 10.5. The quantitative estimate of drug-likeness (QED) is 0.462. The van der Waals surface area contributed by atoms with Crippen molar-refractivity contribution >= 4 is 29.5 Å². The molecule has 0 saturated heterocycles. The van der Waals surface area contributed by atoms with Gasteiger partial charge in [-0.1, -0.05) is 12.1 Å². The molecule has 0 radical (unpaired) electrons. The van der Waals surface area contributed by atoms with E-state index in [0.717, 1.165) is 0 Å². The summed E-state index contributed by atoms with van der Waals surface area (Å²) in [5.74, 6) is -1.37. The lowest BCUT2D eigenvalue weighted by atomic mass is 9.80. The fourth-order valence-corrected chi connectivity index (χ4v) is 1.44. The van der Waals surface area contributed by atoms with E-state index in [4.69, 9.17) is 19.6 Å². The van der Waals surface area contributed by atoms with E-state index in [9.17, 15) is 9.59 Å². The van der Waals surface area contributed by atoms with E-state index < -0.39 is 24.3 Å². The Morgan fingerprint density at radius 2 is 1.94 bits per heavy atom. The highest BCUT2D eigenvalue weighted by Crippen LogP contribution is 2.11. The number of carboxylic acids is 1. The predicted octanol–water partition coefficient (Wildman–Crippen LogP) is -0.829. The van der Waals surface area contributed by atoms with Crippen molar-refractivity contribution in [1.29, 1.82) is 0 Å². The molecule has 0 aliphatic carbocycles. The molecule has 3 N–H and O–H groups in total. The van der Waals surface area contributed by atoms with Gasteiger partial charge in [-0.15, -0.1) is 0 Å². The molecule has 0 fully saturated rings. The van der Waals surface area contributed by atoms with E-state index >= 15 is 0 Å². The van der Waals surface area contributed by atoms with Crippen molar-refractivity contribution in [3.8, 4) is 0 Å². The number of carboxylic acid groups (broad SMARTS) is 1. The van der Waals surface area contributed by atoms with E-state index in [-0.39, 0.29) is 11.0 Å². The number of aromatic carboxylic acids is 1. The highest BCUT2D eigenvalue weighted by Gasteiger charge is 2.15. The highest BCUT2D eigenvalue weighted by atomic mass is 16.4. The molecule has 7 heteroatoms. The average Bonchev–Trinajstić information content (AvgIpc) is 2.26. The van der Waals surface area contributed by atoms with Crippen molar-refractivity contribution in [3.63, 3.8) is 0 Å². The molecule has 0 amide bonds. The van der Waals surface area contributed by atoms with Crippen molar-refractivity contribution < 1.29 is 24.4 Å². The number of fused-ring (bicyclic) bond motifs is 1. The Morgan fingerprint density at radius 3 is 2.53 bits per heavy atom. The van der Waals surface area contributed by atoms with Crippen molar-refractivity contribution in [3.05, 3.63) is 40.2 Å². The van der Waals surface area contributed by atoms with Crippen LogP contribution in [0.4, 0.5) is 0 Å². The fraction of sp³-hybridized carbons (Fsp3) is 0. The van der Waals surface area contributed by atoms with Crippen LogP contribution < -0.4 is 11.1 Å². The minimum atomic E-state index is -1.68. The molecule has 0 aliphatic heterocycles. The fourth-order valence-electron chi connectivity index (χ4n) is 1.44. The van der Waals surface area contributed by atoms with Crippen LogP contribution in [0.5, 0.6) is 0 Å². The lowest BCUT2D eigenvalue weighted by Crippen LogP contribution is -2.29. The van der Waals surface area contributed by atoms with Crippen molar-refractivity contribution in [2.24, 2.45) is 0 Å². The summed E-state index contributed by atoms with van der Waals surface area (Å²) in [6.07, 6.45) is 0. The lowest BCUT2D eigenvalue weighted by molar-refractivity contribution is 0.0692. The first-order valence-corrected chi connectivity index (χ1v) is 4.66. The SMILES string of the molecule is O=C(O)c1cc2ccc(B(O)O)cc2oc1=O. The molecule has 86 valence electrons. The van der Waals surface area contributed by atoms with Crippen LogP contribution in [-0.2, 0) is 0 Å². The van der Waals surface area contributed by atoms with E-state index in [1.807, 2.05) is 0 Å². The molecule has 1 aromatic carbocycles. The van der Waals surface area contributed by atoms with Gasteiger partial charge in [0.05, 0.1) is 0 Å². The van der Waals surface area contributed by atoms with E-state index in [1.54, 1.807) is 0 Å². The first kappa shape index (κ1) is 11.4. The monoisotopic (exact) mass is 234 g/mol. The van der Waals surface area contributed by atoms with Gasteiger partial charge in [0.25, 0.3) is 0 Å². The third-order valence-electron chi connectivity index (χ3n) is 2.29. The molecule has 2 rings (SSSR count). The smallest absolute Gasteiger partial charge is 0.477 e. The largest absolute Gasteiger partial charge is 0.488 e. The molecule has 0 aliphatic rings. The zero-order chi connectivity index (χ0) is 12.6. The van der Waals surface area contributed by atoms with Gasteiger partial charge in [-0.3, -0.25) is 0 Å². The second kappa shape index (κ2) is 4.04. The maximum Gasteiger partial charge on any atom is 0.488 e. The number of hydrogen-bond acceptors (Lipinski definition) is 5. The summed E-state index contributed by atoms with van der Waals surface area (Å²) in [4.78, 5) is 22.0. The van der Waals surface area contributed by atoms with E-state index in [1.165, 1.54) is 24.3 Å². The van der Waals surface area contributed by atoms with Crippen molar-refractivity contribution in [1.82, 2.24) is 0 Å². The summed E-state index contributed by atoms with van der Waals surface area (Å²) < 4.78 is 4.79. The number of rotatable bonds is 2. The summed E-state index contributed by atoms with van der Waals surface area (Å²) in [7, 11) is -1.68. The molecule has 0 saturated carbocycles. The first-order chi connectivity index (χ1) is 7.99. The zero-order valence-electron chi connectivity index (χ0n) is 8.45. The van der Waals surface area contributed by atoms with Crippen LogP contribution in [0.3, 0.4) is 0 Å². The minimum absolute atomic E-state index is 0.102. The molecule has 0 unspecified atom stereocenters. The summed E-state index contributed by atoms with van der Waals surface area (Å²) in [6.45, 7) is 0. The Kier molecular flexibility index (Phi) is 2.70. The summed E-state index contributed by atoms with van der Waals surface area (Å²) in [5.41, 5.74) is -1.18. The molecule has 0 spiro atoms. The predicted molar refractivity (Wildman–Crippen MR) is 59.3 cm³/mol. The first-order valence-electron chi connectivity index (χ1n) is 4.66. The Bertz CT molecular complexity index is 645. The van der Waals surface area contributed by atoms with E-state index in [2.05, 4.69) is 0 Å². The molecule has 1 heterocycles. The zero-order valence-corrected chi connectivity index (χ0v) is 8.45. The van der Waals surface area contributed by atoms with Crippen LogP contribution in [0.2, 0.25) is 0 Å². The van der Waals surface area contributed by atoms with E-state index in [0.29, 0.717) is 5.39 Å². The molecule has 6 nitrogen and oxygen atoms in total. The van der Waals surface area contributed by atoms with Crippen LogP contribution in [0.1, 0.15) is 10.4 Å². The van der Waals surface area contributed by atoms with Gasteiger partial charge in [-0.25, -0.2) is 9.59 Å². The summed E-state index contributed by atoms with van der Waals surface area (Å²) in [5, 5.41) is 27.0. The molecular weight excluding hydrogens is 227 g/mol. The Morgan fingerprint density at radius 1 is 1.24 bits per heavy atom. The Balaban J connectivity index is 2.70. The molecular formula is C10H7BO6. The van der Waals surface area contributed by atoms with Crippen LogP contribution in [-0.4, -0.2) is 28.2 Å². The highest BCUT2D eigenvalue weighted by molar-refractivity contribution is 6.58. The van der Waals surface area contributed by atoms with Gasteiger partial charge in [-0.2, -0.15) is 0 Å². The third-order valence-corrected chi connectivity index (χ3v) is 2.29.